The van der Waals surface area contributed by atoms with E-state index in [1.54, 1.807) is 26.5 Å². The number of benzene rings is 2. The van der Waals surface area contributed by atoms with Crippen molar-refractivity contribution >= 4 is 33.5 Å². The van der Waals surface area contributed by atoms with Crippen LogP contribution in [0.4, 0.5) is 11.6 Å². The topological polar surface area (TPSA) is 94.6 Å². The summed E-state index contributed by atoms with van der Waals surface area (Å²) in [5.41, 5.74) is 2.48. The third-order valence-corrected chi connectivity index (χ3v) is 4.88. The van der Waals surface area contributed by atoms with Crippen LogP contribution >= 0.6 is 15.9 Å². The van der Waals surface area contributed by atoms with Crippen LogP contribution < -0.4 is 24.8 Å². The minimum Gasteiger partial charge on any atom is -0.493 e. The third-order valence-electron chi connectivity index (χ3n) is 4.34. The molecule has 0 unspecified atom stereocenters. The second-order valence-corrected chi connectivity index (χ2v) is 7.47. The molecular weight excluding hydrogens is 464 g/mol. The summed E-state index contributed by atoms with van der Waals surface area (Å²) in [5, 5.41) is 5.94. The van der Waals surface area contributed by atoms with E-state index in [-0.39, 0.29) is 5.91 Å². The van der Waals surface area contributed by atoms with Gasteiger partial charge in [0.05, 0.1) is 24.9 Å². The molecule has 0 atom stereocenters. The molecule has 31 heavy (non-hydrogen) atoms. The molecule has 8 nitrogen and oxygen atoms in total. The van der Waals surface area contributed by atoms with Gasteiger partial charge < -0.3 is 24.8 Å². The van der Waals surface area contributed by atoms with Gasteiger partial charge in [0, 0.05) is 30.8 Å². The highest BCUT2D eigenvalue weighted by Crippen LogP contribution is 2.35. The zero-order valence-electron chi connectivity index (χ0n) is 17.7. The van der Waals surface area contributed by atoms with E-state index in [1.807, 2.05) is 37.3 Å². The first-order chi connectivity index (χ1) is 14.9. The van der Waals surface area contributed by atoms with E-state index in [1.165, 1.54) is 6.92 Å². The highest BCUT2D eigenvalue weighted by molar-refractivity contribution is 9.10. The normalized spacial score (nSPS) is 10.4. The zero-order valence-corrected chi connectivity index (χ0v) is 19.2. The largest absolute Gasteiger partial charge is 0.493 e. The number of ether oxygens (including phenoxy) is 3. The molecule has 0 radical (unpaired) electrons. The van der Waals surface area contributed by atoms with Crippen molar-refractivity contribution in [3.05, 3.63) is 58.2 Å². The number of methoxy groups -OCH3 is 2. The van der Waals surface area contributed by atoms with Crippen LogP contribution in [0.25, 0.3) is 0 Å². The minimum atomic E-state index is -0.116. The van der Waals surface area contributed by atoms with E-state index in [2.05, 4.69) is 36.5 Å². The van der Waals surface area contributed by atoms with Gasteiger partial charge in [0.1, 0.15) is 5.75 Å². The van der Waals surface area contributed by atoms with Gasteiger partial charge in [-0.15, -0.1) is 0 Å². The van der Waals surface area contributed by atoms with Gasteiger partial charge in [-0.3, -0.25) is 4.79 Å². The van der Waals surface area contributed by atoms with Crippen LogP contribution in [0.5, 0.6) is 23.1 Å². The van der Waals surface area contributed by atoms with Crippen molar-refractivity contribution < 1.29 is 19.0 Å². The number of halogens is 1. The molecule has 0 bridgehead atoms. The Balaban J connectivity index is 1.85. The predicted octanol–water partition coefficient (Wildman–Crippen LogP) is 4.74. The van der Waals surface area contributed by atoms with Crippen molar-refractivity contribution in [2.75, 3.05) is 19.5 Å². The lowest BCUT2D eigenvalue weighted by atomic mass is 10.2. The van der Waals surface area contributed by atoms with E-state index in [0.29, 0.717) is 40.1 Å². The van der Waals surface area contributed by atoms with Crippen molar-refractivity contribution in [3.63, 3.8) is 0 Å². The summed E-state index contributed by atoms with van der Waals surface area (Å²) >= 11 is 3.43. The molecule has 0 aliphatic rings. The molecule has 2 aromatic carbocycles. The van der Waals surface area contributed by atoms with E-state index in [0.717, 1.165) is 16.8 Å². The Bertz CT molecular complexity index is 1090. The van der Waals surface area contributed by atoms with Gasteiger partial charge in [-0.1, -0.05) is 18.2 Å². The average molecular weight is 487 g/mol. The van der Waals surface area contributed by atoms with Gasteiger partial charge in [-0.2, -0.15) is 4.98 Å². The first-order valence-corrected chi connectivity index (χ1v) is 10.2. The van der Waals surface area contributed by atoms with Crippen LogP contribution in [-0.4, -0.2) is 30.1 Å². The van der Waals surface area contributed by atoms with Gasteiger partial charge >= 0.3 is 0 Å². The zero-order chi connectivity index (χ0) is 22.4. The first kappa shape index (κ1) is 22.4. The SMILES string of the molecule is COc1cc(Nc2ncc(Br)c(Oc3ccccc3CNC(C)=O)n2)cc(C)c1OC. The fourth-order valence-electron chi connectivity index (χ4n) is 2.91. The Kier molecular flexibility index (Phi) is 7.30. The number of aromatic nitrogens is 2. The smallest absolute Gasteiger partial charge is 0.238 e. The fraction of sp³-hybridized carbons (Fsp3) is 0.227. The number of anilines is 2. The molecule has 3 aromatic rings. The molecule has 0 saturated heterocycles. The Hall–Kier alpha value is -3.33. The van der Waals surface area contributed by atoms with Crippen LogP contribution in [0.1, 0.15) is 18.1 Å². The minimum absolute atomic E-state index is 0.116. The molecule has 9 heteroatoms. The number of aryl methyl sites for hydroxylation is 1. The summed E-state index contributed by atoms with van der Waals surface area (Å²) < 4.78 is 17.4. The van der Waals surface area contributed by atoms with Crippen molar-refractivity contribution in [2.45, 2.75) is 20.4 Å². The summed E-state index contributed by atoms with van der Waals surface area (Å²) in [6, 6.07) is 11.2. The van der Waals surface area contributed by atoms with Crippen LogP contribution in [0.3, 0.4) is 0 Å². The number of para-hydroxylation sites is 1. The molecule has 1 aromatic heterocycles. The van der Waals surface area contributed by atoms with Crippen LogP contribution in [0.15, 0.2) is 47.1 Å². The summed E-state index contributed by atoms with van der Waals surface area (Å²) in [6.07, 6.45) is 1.61. The summed E-state index contributed by atoms with van der Waals surface area (Å²) in [4.78, 5) is 20.0. The van der Waals surface area contributed by atoms with E-state index in [4.69, 9.17) is 14.2 Å². The molecule has 0 aliphatic carbocycles. The Labute approximate surface area is 189 Å². The number of carbonyl (C=O) groups is 1. The molecule has 162 valence electrons. The van der Waals surface area contributed by atoms with E-state index >= 15 is 0 Å². The molecule has 0 spiro atoms. The maximum absolute atomic E-state index is 11.3. The molecule has 1 heterocycles. The maximum Gasteiger partial charge on any atom is 0.238 e. The number of amides is 1. The second-order valence-electron chi connectivity index (χ2n) is 6.62. The summed E-state index contributed by atoms with van der Waals surface area (Å²) in [6.45, 7) is 3.75. The van der Waals surface area contributed by atoms with Crippen molar-refractivity contribution in [2.24, 2.45) is 0 Å². The molecular formula is C22H23BrN4O4. The van der Waals surface area contributed by atoms with E-state index < -0.39 is 0 Å². The quantitative estimate of drug-likeness (QED) is 0.474. The number of rotatable bonds is 8. The summed E-state index contributed by atoms with van der Waals surface area (Å²) in [5.74, 6) is 2.43. The predicted molar refractivity (Wildman–Crippen MR) is 121 cm³/mol. The molecule has 0 saturated carbocycles. The summed E-state index contributed by atoms with van der Waals surface area (Å²) in [7, 11) is 3.19. The Morgan fingerprint density at radius 1 is 1.13 bits per heavy atom. The van der Waals surface area contributed by atoms with Gasteiger partial charge in [-0.25, -0.2) is 4.98 Å². The molecule has 2 N–H and O–H groups in total. The third kappa shape index (κ3) is 5.64. The van der Waals surface area contributed by atoms with Gasteiger partial charge in [-0.05, 0) is 40.5 Å². The van der Waals surface area contributed by atoms with Gasteiger partial charge in [0.2, 0.25) is 17.7 Å². The standard InChI is InChI=1S/C22H23BrN4O4/c1-13-9-16(10-19(29-3)20(13)30-4)26-22-25-12-17(23)21(27-22)31-18-8-6-5-7-15(18)11-24-14(2)28/h5-10,12H,11H2,1-4H3,(H,24,28)(H,25,26,27). The van der Waals surface area contributed by atoms with Gasteiger partial charge in [0.15, 0.2) is 11.5 Å². The number of hydrogen-bond acceptors (Lipinski definition) is 7. The number of hydrogen-bond donors (Lipinski definition) is 2. The lowest BCUT2D eigenvalue weighted by Gasteiger charge is -2.15. The second kappa shape index (κ2) is 10.1. The molecule has 0 fully saturated rings. The van der Waals surface area contributed by atoms with E-state index in [9.17, 15) is 4.79 Å². The fourth-order valence-corrected chi connectivity index (χ4v) is 3.18. The molecule has 1 amide bonds. The number of nitrogens with one attached hydrogen (secondary N) is 2. The lowest BCUT2D eigenvalue weighted by molar-refractivity contribution is -0.119. The van der Waals surface area contributed by atoms with Crippen molar-refractivity contribution in [1.82, 2.24) is 15.3 Å². The molecule has 0 aliphatic heterocycles. The molecule has 3 rings (SSSR count). The van der Waals surface area contributed by atoms with Crippen LogP contribution in [0.2, 0.25) is 0 Å². The van der Waals surface area contributed by atoms with Crippen molar-refractivity contribution in [1.29, 1.82) is 0 Å². The first-order valence-electron chi connectivity index (χ1n) is 9.43. The highest BCUT2D eigenvalue weighted by Gasteiger charge is 2.13. The van der Waals surface area contributed by atoms with Crippen molar-refractivity contribution in [3.8, 4) is 23.1 Å². The number of nitrogens with zero attached hydrogens (tertiary/aromatic N) is 2. The number of carbonyl (C=O) groups excluding carboxylic acids is 1. The lowest BCUT2D eigenvalue weighted by Crippen LogP contribution is -2.19. The Morgan fingerprint density at radius 3 is 2.61 bits per heavy atom. The monoisotopic (exact) mass is 486 g/mol. The van der Waals surface area contributed by atoms with Gasteiger partial charge in [0.25, 0.3) is 0 Å². The average Bonchev–Trinajstić information content (AvgIpc) is 2.75. The van der Waals surface area contributed by atoms with Crippen LogP contribution in [-0.2, 0) is 11.3 Å². The Morgan fingerprint density at radius 2 is 1.90 bits per heavy atom. The highest BCUT2D eigenvalue weighted by atomic mass is 79.9. The maximum atomic E-state index is 11.3. The van der Waals surface area contributed by atoms with Crippen LogP contribution in [0, 0.1) is 6.92 Å².